The number of fused-ring (bicyclic) bond motifs is 1. The number of halogens is 1. The zero-order valence-corrected chi connectivity index (χ0v) is 15.1. The Morgan fingerprint density at radius 2 is 2.17 bits per heavy atom. The minimum Gasteiger partial charge on any atom is -0.366 e. The largest absolute Gasteiger partial charge is 0.366 e. The zero-order valence-electron chi connectivity index (χ0n) is 14.4. The zero-order chi connectivity index (χ0) is 17.5. The van der Waals surface area contributed by atoms with Crippen LogP contribution in [0, 0.1) is 5.92 Å². The van der Waals surface area contributed by atoms with Crippen LogP contribution < -0.4 is 0 Å². The second-order valence-corrected chi connectivity index (χ2v) is 7.59. The molecule has 0 aromatic carbocycles. The summed E-state index contributed by atoms with van der Waals surface area (Å²) in [5.41, 5.74) is 2.07. The Morgan fingerprint density at radius 1 is 1.46 bits per heavy atom. The fourth-order valence-electron chi connectivity index (χ4n) is 3.41. The first-order chi connectivity index (χ1) is 11.2. The third kappa shape index (κ3) is 3.63. The SMILES string of the molecule is C=C1CC(C[C@@H](OC(C)(C)O)[C@@H](C)n2ccc3c(Cl)ncnc32)C1. The van der Waals surface area contributed by atoms with Crippen molar-refractivity contribution in [1.82, 2.24) is 14.5 Å². The number of ether oxygens (including phenoxy) is 1. The van der Waals surface area contributed by atoms with Gasteiger partial charge in [-0.2, -0.15) is 0 Å². The first kappa shape index (κ1) is 17.4. The Kier molecular flexibility index (Phi) is 4.69. The third-order valence-corrected chi connectivity index (χ3v) is 4.90. The number of allylic oxidation sites excluding steroid dienone is 1. The molecule has 1 saturated carbocycles. The maximum absolute atomic E-state index is 10.2. The Morgan fingerprint density at radius 3 is 2.79 bits per heavy atom. The lowest BCUT2D eigenvalue weighted by molar-refractivity contribution is -0.217. The van der Waals surface area contributed by atoms with E-state index in [9.17, 15) is 5.11 Å². The van der Waals surface area contributed by atoms with Gasteiger partial charge in [-0.3, -0.25) is 0 Å². The van der Waals surface area contributed by atoms with Gasteiger partial charge in [0, 0.05) is 6.20 Å². The van der Waals surface area contributed by atoms with E-state index in [0.29, 0.717) is 11.1 Å². The number of hydrogen-bond acceptors (Lipinski definition) is 4. The molecule has 1 aliphatic rings. The second kappa shape index (κ2) is 6.47. The van der Waals surface area contributed by atoms with Gasteiger partial charge in [0.1, 0.15) is 17.1 Å². The predicted molar refractivity (Wildman–Crippen MR) is 94.9 cm³/mol. The minimum atomic E-state index is -1.19. The Bertz CT molecular complexity index is 742. The van der Waals surface area contributed by atoms with Crippen molar-refractivity contribution in [3.05, 3.63) is 35.9 Å². The van der Waals surface area contributed by atoms with Gasteiger partial charge < -0.3 is 14.4 Å². The smallest absolute Gasteiger partial charge is 0.160 e. The van der Waals surface area contributed by atoms with Crippen LogP contribution in [-0.4, -0.2) is 31.5 Å². The van der Waals surface area contributed by atoms with Crippen molar-refractivity contribution in [2.45, 2.75) is 58.0 Å². The molecule has 24 heavy (non-hydrogen) atoms. The van der Waals surface area contributed by atoms with Crippen molar-refractivity contribution in [1.29, 1.82) is 0 Å². The number of aromatic nitrogens is 3. The van der Waals surface area contributed by atoms with E-state index in [1.807, 2.05) is 16.8 Å². The lowest BCUT2D eigenvalue weighted by Gasteiger charge is -2.37. The summed E-state index contributed by atoms with van der Waals surface area (Å²) in [4.78, 5) is 8.39. The maximum Gasteiger partial charge on any atom is 0.160 e. The van der Waals surface area contributed by atoms with Gasteiger partial charge in [0.25, 0.3) is 0 Å². The van der Waals surface area contributed by atoms with Crippen molar-refractivity contribution < 1.29 is 9.84 Å². The van der Waals surface area contributed by atoms with Crippen LogP contribution in [-0.2, 0) is 4.74 Å². The molecule has 0 bridgehead atoms. The lowest BCUT2D eigenvalue weighted by atomic mass is 9.77. The Balaban J connectivity index is 1.87. The topological polar surface area (TPSA) is 60.2 Å². The van der Waals surface area contributed by atoms with Crippen molar-refractivity contribution in [2.24, 2.45) is 5.92 Å². The average Bonchev–Trinajstić information content (AvgIpc) is 2.88. The van der Waals surface area contributed by atoms with Gasteiger partial charge in [0.15, 0.2) is 5.79 Å². The summed E-state index contributed by atoms with van der Waals surface area (Å²) < 4.78 is 8.02. The maximum atomic E-state index is 10.2. The van der Waals surface area contributed by atoms with Crippen LogP contribution in [0.3, 0.4) is 0 Å². The summed E-state index contributed by atoms with van der Waals surface area (Å²) in [7, 11) is 0. The quantitative estimate of drug-likeness (QED) is 0.484. The molecule has 0 radical (unpaired) electrons. The standard InChI is InChI=1S/C18H24ClN3O2/c1-11-7-13(8-11)9-15(24-18(3,4)23)12(2)22-6-5-14-16(19)20-10-21-17(14)22/h5-6,10,12-13,15,23H,1,7-9H2,2-4H3/t12-,15-/m1/s1. The highest BCUT2D eigenvalue weighted by Gasteiger charge is 2.32. The Hall–Kier alpha value is -1.43. The van der Waals surface area contributed by atoms with Gasteiger partial charge in [-0.1, -0.05) is 23.8 Å². The van der Waals surface area contributed by atoms with Crippen molar-refractivity contribution in [3.63, 3.8) is 0 Å². The lowest BCUT2D eigenvalue weighted by Crippen LogP contribution is -2.37. The second-order valence-electron chi connectivity index (χ2n) is 7.23. The molecule has 1 N–H and O–H groups in total. The van der Waals surface area contributed by atoms with E-state index in [-0.39, 0.29) is 12.1 Å². The number of nitrogens with zero attached hydrogens (tertiary/aromatic N) is 3. The molecule has 0 amide bonds. The number of rotatable bonds is 6. The molecular formula is C18H24ClN3O2. The van der Waals surface area contributed by atoms with E-state index in [4.69, 9.17) is 16.3 Å². The van der Waals surface area contributed by atoms with Crippen LogP contribution in [0.1, 0.15) is 46.1 Å². The molecule has 6 heteroatoms. The highest BCUT2D eigenvalue weighted by Crippen LogP contribution is 2.38. The fraction of sp³-hybridized carbons (Fsp3) is 0.556. The monoisotopic (exact) mass is 349 g/mol. The van der Waals surface area contributed by atoms with E-state index >= 15 is 0 Å². The molecule has 1 aliphatic carbocycles. The Labute approximate surface area is 147 Å². The highest BCUT2D eigenvalue weighted by atomic mass is 35.5. The number of hydrogen-bond donors (Lipinski definition) is 1. The molecule has 0 unspecified atom stereocenters. The predicted octanol–water partition coefficient (Wildman–Crippen LogP) is 4.12. The molecular weight excluding hydrogens is 326 g/mol. The molecule has 0 aliphatic heterocycles. The molecule has 2 aromatic heterocycles. The third-order valence-electron chi connectivity index (χ3n) is 4.60. The summed E-state index contributed by atoms with van der Waals surface area (Å²) in [5, 5.41) is 11.4. The summed E-state index contributed by atoms with van der Waals surface area (Å²) in [5.74, 6) is -0.623. The van der Waals surface area contributed by atoms with Crippen molar-refractivity contribution in [3.8, 4) is 0 Å². The van der Waals surface area contributed by atoms with E-state index in [1.165, 1.54) is 11.9 Å². The van der Waals surface area contributed by atoms with E-state index < -0.39 is 5.79 Å². The van der Waals surface area contributed by atoms with Crippen molar-refractivity contribution in [2.75, 3.05) is 0 Å². The molecule has 1 fully saturated rings. The van der Waals surface area contributed by atoms with E-state index in [0.717, 1.165) is 30.3 Å². The average molecular weight is 350 g/mol. The highest BCUT2D eigenvalue weighted by molar-refractivity contribution is 6.33. The van der Waals surface area contributed by atoms with E-state index in [2.05, 4.69) is 23.5 Å². The van der Waals surface area contributed by atoms with E-state index in [1.54, 1.807) is 13.8 Å². The van der Waals surface area contributed by atoms with Crippen LogP contribution in [0.25, 0.3) is 11.0 Å². The van der Waals surface area contributed by atoms with Gasteiger partial charge in [-0.25, -0.2) is 9.97 Å². The van der Waals surface area contributed by atoms with Crippen LogP contribution in [0.5, 0.6) is 0 Å². The summed E-state index contributed by atoms with van der Waals surface area (Å²) in [6.45, 7) is 9.43. The molecule has 2 atom stereocenters. The molecule has 0 spiro atoms. The minimum absolute atomic E-state index is 0.00811. The molecule has 5 nitrogen and oxygen atoms in total. The molecule has 2 aromatic rings. The summed E-state index contributed by atoms with van der Waals surface area (Å²) in [6.07, 6.45) is 6.25. The summed E-state index contributed by atoms with van der Waals surface area (Å²) >= 11 is 6.15. The first-order valence-electron chi connectivity index (χ1n) is 8.28. The normalized spacial score (nSPS) is 18.6. The molecule has 0 saturated heterocycles. The fourth-order valence-corrected chi connectivity index (χ4v) is 3.60. The van der Waals surface area contributed by atoms with Gasteiger partial charge in [-0.05, 0) is 52.0 Å². The van der Waals surface area contributed by atoms with Crippen LogP contribution in [0.15, 0.2) is 30.7 Å². The molecule has 130 valence electrons. The van der Waals surface area contributed by atoms with Gasteiger partial charge in [0.2, 0.25) is 0 Å². The van der Waals surface area contributed by atoms with Gasteiger partial charge >= 0.3 is 0 Å². The summed E-state index contributed by atoms with van der Waals surface area (Å²) in [6, 6.07) is 1.93. The van der Waals surface area contributed by atoms with Crippen LogP contribution in [0.4, 0.5) is 0 Å². The molecule has 3 rings (SSSR count). The van der Waals surface area contributed by atoms with Crippen molar-refractivity contribution >= 4 is 22.6 Å². The first-order valence-corrected chi connectivity index (χ1v) is 8.66. The number of aliphatic hydroxyl groups is 1. The van der Waals surface area contributed by atoms with Crippen LogP contribution in [0.2, 0.25) is 5.15 Å². The molecule has 2 heterocycles. The van der Waals surface area contributed by atoms with Gasteiger partial charge in [-0.15, -0.1) is 0 Å². The van der Waals surface area contributed by atoms with Gasteiger partial charge in [0.05, 0.1) is 17.5 Å². The van der Waals surface area contributed by atoms with Crippen LogP contribution >= 0.6 is 11.6 Å².